The quantitative estimate of drug-likeness (QED) is 0.200. The Kier molecular flexibility index (Phi) is 4.88. The van der Waals surface area contributed by atoms with E-state index in [1.165, 1.54) is 70.9 Å². The summed E-state index contributed by atoms with van der Waals surface area (Å²) < 4.78 is 6.63. The first kappa shape index (κ1) is 23.3. The van der Waals surface area contributed by atoms with Gasteiger partial charge in [-0.3, -0.25) is 0 Å². The van der Waals surface area contributed by atoms with E-state index in [1.54, 1.807) is 0 Å². The number of hydrogen-bond donors (Lipinski definition) is 0. The highest BCUT2D eigenvalue weighted by molar-refractivity contribution is 6.23. The number of ether oxygens (including phenoxy) is 1. The maximum atomic E-state index is 6.63. The lowest BCUT2D eigenvalue weighted by Crippen LogP contribution is -1.98. The first-order valence-electron chi connectivity index (χ1n) is 14.5. The predicted octanol–water partition coefficient (Wildman–Crippen LogP) is 11.7. The summed E-state index contributed by atoms with van der Waals surface area (Å²) >= 11 is 0. The van der Waals surface area contributed by atoms with Gasteiger partial charge in [-0.25, -0.2) is 0 Å². The van der Waals surface area contributed by atoms with Gasteiger partial charge in [-0.1, -0.05) is 121 Å². The highest BCUT2D eigenvalue weighted by Crippen LogP contribution is 2.50. The van der Waals surface area contributed by atoms with Gasteiger partial charge in [-0.15, -0.1) is 0 Å². The van der Waals surface area contributed by atoms with E-state index in [-0.39, 0.29) is 0 Å². The summed E-state index contributed by atoms with van der Waals surface area (Å²) in [5.41, 5.74) is 8.59. The normalized spacial score (nSPS) is 12.1. The lowest BCUT2D eigenvalue weighted by Gasteiger charge is -2.23. The number of aryl methyl sites for hydroxylation is 1. The van der Waals surface area contributed by atoms with Crippen molar-refractivity contribution in [1.82, 2.24) is 0 Å². The van der Waals surface area contributed by atoms with Crippen LogP contribution in [0, 0.1) is 6.92 Å². The van der Waals surface area contributed by atoms with Gasteiger partial charge < -0.3 is 4.74 Å². The maximum Gasteiger partial charge on any atom is 0.135 e. The van der Waals surface area contributed by atoms with E-state index in [0.29, 0.717) is 0 Å². The minimum absolute atomic E-state index is 0.905. The molecule has 0 saturated carbocycles. The highest BCUT2D eigenvalue weighted by atomic mass is 16.5. The molecule has 0 amide bonds. The van der Waals surface area contributed by atoms with Crippen LogP contribution in [0.5, 0.6) is 11.5 Å². The van der Waals surface area contributed by atoms with Gasteiger partial charge in [0, 0.05) is 10.9 Å². The molecule has 0 saturated heterocycles. The topological polar surface area (TPSA) is 9.23 Å². The molecule has 42 heavy (non-hydrogen) atoms. The van der Waals surface area contributed by atoms with Gasteiger partial charge in [0.2, 0.25) is 0 Å². The molecule has 196 valence electrons. The second kappa shape index (κ2) is 8.80. The average molecular weight is 535 g/mol. The van der Waals surface area contributed by atoms with E-state index in [4.69, 9.17) is 4.74 Å². The van der Waals surface area contributed by atoms with E-state index >= 15 is 0 Å². The van der Waals surface area contributed by atoms with Crippen molar-refractivity contribution in [3.8, 4) is 44.9 Å². The predicted molar refractivity (Wildman–Crippen MR) is 178 cm³/mol. The molecule has 0 unspecified atom stereocenters. The van der Waals surface area contributed by atoms with Gasteiger partial charge in [0.1, 0.15) is 11.5 Å². The molecule has 1 aliphatic heterocycles. The largest absolute Gasteiger partial charge is 0.456 e. The van der Waals surface area contributed by atoms with Crippen LogP contribution in [0.1, 0.15) is 5.56 Å². The molecule has 0 aromatic heterocycles. The fourth-order valence-electron chi connectivity index (χ4n) is 7.10. The summed E-state index contributed by atoms with van der Waals surface area (Å²) in [5, 5.41) is 9.98. The molecule has 0 radical (unpaired) electrons. The third kappa shape index (κ3) is 3.25. The van der Waals surface area contributed by atoms with Crippen LogP contribution in [0.2, 0.25) is 0 Å². The number of rotatable bonds is 2. The first-order valence-corrected chi connectivity index (χ1v) is 14.5. The zero-order valence-corrected chi connectivity index (χ0v) is 23.2. The molecule has 0 spiro atoms. The van der Waals surface area contributed by atoms with Crippen LogP contribution < -0.4 is 4.74 Å². The second-order valence-corrected chi connectivity index (χ2v) is 11.3. The van der Waals surface area contributed by atoms with Crippen molar-refractivity contribution in [3.63, 3.8) is 0 Å². The van der Waals surface area contributed by atoms with E-state index in [0.717, 1.165) is 22.6 Å². The summed E-state index contributed by atoms with van der Waals surface area (Å²) in [5.74, 6) is 1.83. The molecule has 1 heterocycles. The Balaban J connectivity index is 1.34. The van der Waals surface area contributed by atoms with Crippen molar-refractivity contribution >= 4 is 43.1 Å². The van der Waals surface area contributed by atoms with Crippen LogP contribution in [-0.2, 0) is 0 Å². The Hall–Kier alpha value is -5.40. The first-order chi connectivity index (χ1) is 20.8. The molecule has 0 aliphatic carbocycles. The zero-order valence-electron chi connectivity index (χ0n) is 23.2. The molecule has 9 rings (SSSR count). The van der Waals surface area contributed by atoms with Gasteiger partial charge in [0.05, 0.1) is 0 Å². The molecule has 0 fully saturated rings. The van der Waals surface area contributed by atoms with Gasteiger partial charge >= 0.3 is 0 Å². The Labute approximate surface area is 244 Å². The van der Waals surface area contributed by atoms with Gasteiger partial charge in [-0.2, -0.15) is 0 Å². The standard InChI is InChI=1S/C41H26O/c1-25-20-22-36-30-23-21-27(24-38(30)42-37-19-9-17-28(25)41(36)37)39-32-13-4-6-15-34(32)40(35-16-7-5-14-33(35)39)31-18-8-11-26-10-2-3-12-29(26)31/h2-24H,1H3. The Morgan fingerprint density at radius 2 is 1.00 bits per heavy atom. The summed E-state index contributed by atoms with van der Waals surface area (Å²) in [6.07, 6.45) is 0. The summed E-state index contributed by atoms with van der Waals surface area (Å²) in [6.45, 7) is 2.17. The molecule has 1 aliphatic rings. The van der Waals surface area contributed by atoms with E-state index in [9.17, 15) is 0 Å². The fourth-order valence-corrected chi connectivity index (χ4v) is 7.10. The van der Waals surface area contributed by atoms with Crippen LogP contribution >= 0.6 is 0 Å². The fraction of sp³-hybridized carbons (Fsp3) is 0.0244. The molecule has 8 aromatic carbocycles. The van der Waals surface area contributed by atoms with Crippen molar-refractivity contribution in [2.75, 3.05) is 0 Å². The van der Waals surface area contributed by atoms with Crippen LogP contribution in [0.4, 0.5) is 0 Å². The van der Waals surface area contributed by atoms with Crippen LogP contribution in [0.3, 0.4) is 0 Å². The Bertz CT molecular complexity index is 2330. The van der Waals surface area contributed by atoms with E-state index in [2.05, 4.69) is 146 Å². The van der Waals surface area contributed by atoms with Crippen LogP contribution in [0.25, 0.3) is 76.5 Å². The maximum absolute atomic E-state index is 6.63. The molecule has 0 bridgehead atoms. The minimum atomic E-state index is 0.905. The van der Waals surface area contributed by atoms with Crippen molar-refractivity contribution < 1.29 is 4.74 Å². The SMILES string of the molecule is Cc1ccc2c3c(cccc13)Oc1cc(-c3c4ccccc4c(-c4cccc5ccccc45)c4ccccc34)ccc1-2. The lowest BCUT2D eigenvalue weighted by atomic mass is 9.84. The number of fused-ring (bicyclic) bond motifs is 5. The Morgan fingerprint density at radius 1 is 0.405 bits per heavy atom. The monoisotopic (exact) mass is 534 g/mol. The van der Waals surface area contributed by atoms with Crippen molar-refractivity contribution in [2.24, 2.45) is 0 Å². The average Bonchev–Trinajstić information content (AvgIpc) is 3.04. The van der Waals surface area contributed by atoms with Crippen LogP contribution in [0.15, 0.2) is 140 Å². The second-order valence-electron chi connectivity index (χ2n) is 11.3. The smallest absolute Gasteiger partial charge is 0.135 e. The number of benzene rings is 8. The summed E-state index contributed by atoms with van der Waals surface area (Å²) in [4.78, 5) is 0. The van der Waals surface area contributed by atoms with E-state index in [1.807, 2.05) is 0 Å². The molecule has 1 nitrogen and oxygen atoms in total. The van der Waals surface area contributed by atoms with Gasteiger partial charge in [0.15, 0.2) is 0 Å². The molecule has 8 aromatic rings. The zero-order chi connectivity index (χ0) is 27.8. The lowest BCUT2D eigenvalue weighted by molar-refractivity contribution is 0.487. The summed E-state index contributed by atoms with van der Waals surface area (Å²) in [6, 6.07) is 50.6. The minimum Gasteiger partial charge on any atom is -0.456 e. The molecular formula is C41H26O. The third-order valence-electron chi connectivity index (χ3n) is 8.99. The third-order valence-corrected chi connectivity index (χ3v) is 8.99. The summed E-state index contributed by atoms with van der Waals surface area (Å²) in [7, 11) is 0. The molecule has 0 N–H and O–H groups in total. The van der Waals surface area contributed by atoms with Crippen molar-refractivity contribution in [1.29, 1.82) is 0 Å². The number of hydrogen-bond acceptors (Lipinski definition) is 1. The van der Waals surface area contributed by atoms with Crippen molar-refractivity contribution in [3.05, 3.63) is 145 Å². The molecule has 0 atom stereocenters. The van der Waals surface area contributed by atoms with Crippen molar-refractivity contribution in [2.45, 2.75) is 6.92 Å². The molecule has 1 heteroatoms. The van der Waals surface area contributed by atoms with Crippen LogP contribution in [-0.4, -0.2) is 0 Å². The van der Waals surface area contributed by atoms with Gasteiger partial charge in [0.25, 0.3) is 0 Å². The molecular weight excluding hydrogens is 508 g/mol. The van der Waals surface area contributed by atoms with Gasteiger partial charge in [-0.05, 0) is 96.2 Å². The Morgan fingerprint density at radius 3 is 1.76 bits per heavy atom. The highest BCUT2D eigenvalue weighted by Gasteiger charge is 2.23. The van der Waals surface area contributed by atoms with E-state index < -0.39 is 0 Å².